The molecule has 0 amide bonds. The van der Waals surface area contributed by atoms with Crippen LogP contribution in [0.25, 0.3) is 0 Å². The van der Waals surface area contributed by atoms with Crippen molar-refractivity contribution in [2.75, 3.05) is 14.2 Å². The maximum atomic E-state index is 6.29. The maximum absolute atomic E-state index is 6.29. The van der Waals surface area contributed by atoms with Crippen LogP contribution in [-0.4, -0.2) is 19.2 Å². The molecule has 2 N–H and O–H groups in total. The van der Waals surface area contributed by atoms with Gasteiger partial charge < -0.3 is 15.2 Å². The van der Waals surface area contributed by atoms with Crippen molar-refractivity contribution in [3.05, 3.63) is 53.3 Å². The number of aryl methyl sites for hydroxylation is 1. The Hall–Kier alpha value is -2.07. The molecule has 4 nitrogen and oxygen atoms in total. The van der Waals surface area contributed by atoms with E-state index in [1.807, 2.05) is 37.3 Å². The van der Waals surface area contributed by atoms with Gasteiger partial charge in [-0.05, 0) is 42.3 Å². The van der Waals surface area contributed by atoms with E-state index in [0.29, 0.717) is 0 Å². The number of hydrogen-bond acceptors (Lipinski definition) is 4. The van der Waals surface area contributed by atoms with Crippen molar-refractivity contribution >= 4 is 0 Å². The molecule has 1 atom stereocenters. The summed E-state index contributed by atoms with van der Waals surface area (Å²) in [6.07, 6.45) is 1.77. The predicted molar refractivity (Wildman–Crippen MR) is 74.6 cm³/mol. The van der Waals surface area contributed by atoms with Crippen molar-refractivity contribution in [1.82, 2.24) is 4.98 Å². The summed E-state index contributed by atoms with van der Waals surface area (Å²) in [4.78, 5) is 4.18. The molecule has 2 rings (SSSR count). The Morgan fingerprint density at radius 2 is 1.63 bits per heavy atom. The van der Waals surface area contributed by atoms with Crippen molar-refractivity contribution in [1.29, 1.82) is 0 Å². The third-order valence-corrected chi connectivity index (χ3v) is 3.01. The lowest BCUT2D eigenvalue weighted by atomic mass is 9.99. The van der Waals surface area contributed by atoms with Crippen molar-refractivity contribution < 1.29 is 9.47 Å². The summed E-state index contributed by atoms with van der Waals surface area (Å²) < 4.78 is 10.5. The van der Waals surface area contributed by atoms with E-state index in [4.69, 9.17) is 15.2 Å². The molecule has 0 radical (unpaired) electrons. The molecule has 0 aliphatic carbocycles. The number of methoxy groups -OCH3 is 2. The zero-order chi connectivity index (χ0) is 13.8. The number of benzene rings is 1. The van der Waals surface area contributed by atoms with Gasteiger partial charge in [-0.2, -0.15) is 0 Å². The van der Waals surface area contributed by atoms with E-state index in [1.54, 1.807) is 20.4 Å². The molecular weight excluding hydrogens is 240 g/mol. The van der Waals surface area contributed by atoms with E-state index in [2.05, 4.69) is 4.98 Å². The first kappa shape index (κ1) is 13.4. The van der Waals surface area contributed by atoms with E-state index >= 15 is 0 Å². The Morgan fingerprint density at radius 3 is 2.16 bits per heavy atom. The SMILES string of the molecule is COc1cc(OC)cc(C(N)c2ccnc(C)c2)c1. The van der Waals surface area contributed by atoms with Crippen LogP contribution < -0.4 is 15.2 Å². The maximum Gasteiger partial charge on any atom is 0.122 e. The Bertz CT molecular complexity index is 548. The Labute approximate surface area is 113 Å². The molecule has 0 fully saturated rings. The second-order valence-corrected chi connectivity index (χ2v) is 4.35. The molecule has 19 heavy (non-hydrogen) atoms. The average Bonchev–Trinajstić information content (AvgIpc) is 2.45. The molecule has 100 valence electrons. The molecule has 1 heterocycles. The molecule has 0 bridgehead atoms. The van der Waals surface area contributed by atoms with Gasteiger partial charge in [0.1, 0.15) is 11.5 Å². The highest BCUT2D eigenvalue weighted by Gasteiger charge is 2.12. The quantitative estimate of drug-likeness (QED) is 0.915. The minimum absolute atomic E-state index is 0.231. The highest BCUT2D eigenvalue weighted by molar-refractivity contribution is 5.42. The van der Waals surface area contributed by atoms with E-state index < -0.39 is 0 Å². The molecule has 0 saturated heterocycles. The standard InChI is InChI=1S/C15H18N2O2/c1-10-6-11(4-5-17-10)15(16)12-7-13(18-2)9-14(8-12)19-3/h4-9,15H,16H2,1-3H3. The first-order valence-electron chi connectivity index (χ1n) is 6.05. The Kier molecular flexibility index (Phi) is 4.02. The largest absolute Gasteiger partial charge is 0.497 e. The minimum Gasteiger partial charge on any atom is -0.497 e. The summed E-state index contributed by atoms with van der Waals surface area (Å²) in [6.45, 7) is 1.95. The monoisotopic (exact) mass is 258 g/mol. The third-order valence-electron chi connectivity index (χ3n) is 3.01. The molecule has 1 aromatic heterocycles. The lowest BCUT2D eigenvalue weighted by Gasteiger charge is -2.15. The van der Waals surface area contributed by atoms with Crippen LogP contribution in [0.2, 0.25) is 0 Å². The topological polar surface area (TPSA) is 57.4 Å². The average molecular weight is 258 g/mol. The number of rotatable bonds is 4. The van der Waals surface area contributed by atoms with Crippen molar-refractivity contribution in [3.8, 4) is 11.5 Å². The minimum atomic E-state index is -0.231. The Morgan fingerprint density at radius 1 is 1.00 bits per heavy atom. The van der Waals surface area contributed by atoms with Crippen molar-refractivity contribution in [2.45, 2.75) is 13.0 Å². The highest BCUT2D eigenvalue weighted by atomic mass is 16.5. The first-order chi connectivity index (χ1) is 9.13. The second-order valence-electron chi connectivity index (χ2n) is 4.35. The summed E-state index contributed by atoms with van der Waals surface area (Å²) in [5.41, 5.74) is 9.20. The van der Waals surface area contributed by atoms with E-state index in [9.17, 15) is 0 Å². The zero-order valence-corrected chi connectivity index (χ0v) is 11.4. The van der Waals surface area contributed by atoms with Gasteiger partial charge in [-0.25, -0.2) is 0 Å². The zero-order valence-electron chi connectivity index (χ0n) is 11.4. The van der Waals surface area contributed by atoms with E-state index in [0.717, 1.165) is 28.3 Å². The molecule has 0 aliphatic rings. The lowest BCUT2D eigenvalue weighted by Crippen LogP contribution is -2.12. The van der Waals surface area contributed by atoms with Gasteiger partial charge in [-0.1, -0.05) is 0 Å². The van der Waals surface area contributed by atoms with Crippen LogP contribution in [0.3, 0.4) is 0 Å². The van der Waals surface area contributed by atoms with Crippen molar-refractivity contribution in [2.24, 2.45) is 5.73 Å². The molecule has 1 unspecified atom stereocenters. The van der Waals surface area contributed by atoms with Gasteiger partial charge in [0.25, 0.3) is 0 Å². The summed E-state index contributed by atoms with van der Waals surface area (Å²) in [6, 6.07) is 9.34. The Balaban J connectivity index is 2.40. The highest BCUT2D eigenvalue weighted by Crippen LogP contribution is 2.28. The van der Waals surface area contributed by atoms with Crippen LogP contribution in [0.1, 0.15) is 22.9 Å². The lowest BCUT2D eigenvalue weighted by molar-refractivity contribution is 0.393. The number of nitrogens with zero attached hydrogens (tertiary/aromatic N) is 1. The summed E-state index contributed by atoms with van der Waals surface area (Å²) >= 11 is 0. The fourth-order valence-corrected chi connectivity index (χ4v) is 1.96. The molecule has 2 aromatic rings. The van der Waals surface area contributed by atoms with Crippen LogP contribution in [0.5, 0.6) is 11.5 Å². The molecular formula is C15H18N2O2. The van der Waals surface area contributed by atoms with Crippen LogP contribution in [0.4, 0.5) is 0 Å². The second kappa shape index (κ2) is 5.71. The van der Waals surface area contributed by atoms with Crippen molar-refractivity contribution in [3.63, 3.8) is 0 Å². The van der Waals surface area contributed by atoms with Gasteiger partial charge in [-0.3, -0.25) is 4.98 Å². The molecule has 0 aliphatic heterocycles. The van der Waals surface area contributed by atoms with Gasteiger partial charge >= 0.3 is 0 Å². The summed E-state index contributed by atoms with van der Waals surface area (Å²) in [5.74, 6) is 1.46. The van der Waals surface area contributed by atoms with Gasteiger partial charge in [0, 0.05) is 18.0 Å². The van der Waals surface area contributed by atoms with E-state index in [1.165, 1.54) is 0 Å². The first-order valence-corrected chi connectivity index (χ1v) is 6.05. The van der Waals surface area contributed by atoms with Gasteiger partial charge in [0.05, 0.1) is 20.3 Å². The van der Waals surface area contributed by atoms with E-state index in [-0.39, 0.29) is 6.04 Å². The smallest absolute Gasteiger partial charge is 0.122 e. The number of ether oxygens (including phenoxy) is 2. The summed E-state index contributed by atoms with van der Waals surface area (Å²) in [5, 5.41) is 0. The van der Waals surface area contributed by atoms with Crippen LogP contribution in [0, 0.1) is 6.92 Å². The van der Waals surface area contributed by atoms with Crippen LogP contribution in [0.15, 0.2) is 36.5 Å². The number of aromatic nitrogens is 1. The van der Waals surface area contributed by atoms with Gasteiger partial charge in [0.2, 0.25) is 0 Å². The third kappa shape index (κ3) is 3.03. The fraction of sp³-hybridized carbons (Fsp3) is 0.267. The van der Waals surface area contributed by atoms with Crippen LogP contribution >= 0.6 is 0 Å². The molecule has 4 heteroatoms. The number of nitrogens with two attached hydrogens (primary N) is 1. The summed E-state index contributed by atoms with van der Waals surface area (Å²) in [7, 11) is 3.25. The predicted octanol–water partition coefficient (Wildman–Crippen LogP) is 2.46. The normalized spacial score (nSPS) is 12.0. The van der Waals surface area contributed by atoms with Crippen LogP contribution in [-0.2, 0) is 0 Å². The molecule has 1 aromatic carbocycles. The number of pyridine rings is 1. The van der Waals surface area contributed by atoms with Gasteiger partial charge in [0.15, 0.2) is 0 Å². The fourth-order valence-electron chi connectivity index (χ4n) is 1.96. The molecule has 0 saturated carbocycles. The molecule has 0 spiro atoms. The number of hydrogen-bond donors (Lipinski definition) is 1. The van der Waals surface area contributed by atoms with Gasteiger partial charge in [-0.15, -0.1) is 0 Å².